The lowest BCUT2D eigenvalue weighted by atomic mass is 10.1. The molecule has 2 amide bonds. The lowest BCUT2D eigenvalue weighted by Gasteiger charge is -2.27. The van der Waals surface area contributed by atoms with Gasteiger partial charge in [0.1, 0.15) is 0 Å². The van der Waals surface area contributed by atoms with Crippen molar-refractivity contribution in [2.75, 3.05) is 38.2 Å². The van der Waals surface area contributed by atoms with Crippen LogP contribution in [0.2, 0.25) is 0 Å². The van der Waals surface area contributed by atoms with Crippen LogP contribution in [-0.2, 0) is 9.53 Å². The van der Waals surface area contributed by atoms with Crippen LogP contribution in [0, 0.1) is 0 Å². The van der Waals surface area contributed by atoms with Crippen molar-refractivity contribution in [2.24, 2.45) is 0 Å². The van der Waals surface area contributed by atoms with Gasteiger partial charge in [-0.15, -0.1) is 0 Å². The second-order valence-electron chi connectivity index (χ2n) is 5.57. The molecule has 1 heterocycles. The van der Waals surface area contributed by atoms with Gasteiger partial charge in [0.15, 0.2) is 0 Å². The average Bonchev–Trinajstić information content (AvgIpc) is 2.53. The van der Waals surface area contributed by atoms with E-state index in [9.17, 15) is 9.59 Å². The highest BCUT2D eigenvalue weighted by atomic mass is 16.5. The van der Waals surface area contributed by atoms with Crippen LogP contribution in [0.1, 0.15) is 24.2 Å². The third-order valence-electron chi connectivity index (χ3n) is 3.36. The molecule has 22 heavy (non-hydrogen) atoms. The highest BCUT2D eigenvalue weighted by molar-refractivity contribution is 5.97. The summed E-state index contributed by atoms with van der Waals surface area (Å²) in [5, 5.41) is 5.85. The molecule has 2 rings (SSSR count). The molecular formula is C16H23N3O3. The highest BCUT2D eigenvalue weighted by Crippen LogP contribution is 2.13. The van der Waals surface area contributed by atoms with Crippen molar-refractivity contribution < 1.29 is 14.3 Å². The summed E-state index contributed by atoms with van der Waals surface area (Å²) in [7, 11) is 0. The number of morpholine rings is 1. The number of carbonyl (C=O) groups excluding carboxylic acids is 2. The Kier molecular flexibility index (Phi) is 5.91. The van der Waals surface area contributed by atoms with Gasteiger partial charge in [-0.25, -0.2) is 0 Å². The SMILES string of the molecule is CC(C)NCC(=O)Nc1cccc(C(=O)N2CCOCC2)c1. The molecule has 0 saturated carbocycles. The maximum Gasteiger partial charge on any atom is 0.254 e. The smallest absolute Gasteiger partial charge is 0.254 e. The Morgan fingerprint density at radius 2 is 2.00 bits per heavy atom. The lowest BCUT2D eigenvalue weighted by Crippen LogP contribution is -2.40. The molecule has 1 aliphatic rings. The summed E-state index contributed by atoms with van der Waals surface area (Å²) in [6.45, 7) is 6.57. The first-order valence-corrected chi connectivity index (χ1v) is 7.56. The molecule has 0 unspecified atom stereocenters. The molecule has 0 radical (unpaired) electrons. The van der Waals surface area contributed by atoms with Gasteiger partial charge in [0.2, 0.25) is 5.91 Å². The molecule has 1 aliphatic heterocycles. The summed E-state index contributed by atoms with van der Waals surface area (Å²) >= 11 is 0. The topological polar surface area (TPSA) is 70.7 Å². The summed E-state index contributed by atoms with van der Waals surface area (Å²) < 4.78 is 5.25. The maximum atomic E-state index is 12.4. The number of anilines is 1. The highest BCUT2D eigenvalue weighted by Gasteiger charge is 2.18. The van der Waals surface area contributed by atoms with Gasteiger partial charge >= 0.3 is 0 Å². The third-order valence-corrected chi connectivity index (χ3v) is 3.36. The first-order valence-electron chi connectivity index (χ1n) is 7.56. The largest absolute Gasteiger partial charge is 0.378 e. The Balaban J connectivity index is 1.97. The van der Waals surface area contributed by atoms with E-state index in [0.717, 1.165) is 0 Å². The summed E-state index contributed by atoms with van der Waals surface area (Å²) in [6.07, 6.45) is 0. The van der Waals surface area contributed by atoms with Crippen LogP contribution in [0.4, 0.5) is 5.69 Å². The van der Waals surface area contributed by atoms with Gasteiger partial charge in [0.05, 0.1) is 19.8 Å². The summed E-state index contributed by atoms with van der Waals surface area (Å²) in [5.74, 6) is -0.149. The molecule has 0 aliphatic carbocycles. The van der Waals surface area contributed by atoms with Crippen molar-refractivity contribution in [2.45, 2.75) is 19.9 Å². The number of nitrogens with zero attached hydrogens (tertiary/aromatic N) is 1. The minimum atomic E-state index is -0.121. The van der Waals surface area contributed by atoms with Crippen molar-refractivity contribution in [1.29, 1.82) is 0 Å². The number of amides is 2. The molecule has 6 nitrogen and oxygen atoms in total. The molecule has 1 aromatic carbocycles. The maximum absolute atomic E-state index is 12.4. The predicted octanol–water partition coefficient (Wildman–Crippen LogP) is 1.10. The van der Waals surface area contributed by atoms with Gasteiger partial charge in [-0.1, -0.05) is 19.9 Å². The number of rotatable bonds is 5. The van der Waals surface area contributed by atoms with Crippen LogP contribution in [0.15, 0.2) is 24.3 Å². The molecule has 120 valence electrons. The Labute approximate surface area is 130 Å². The number of ether oxygens (including phenoxy) is 1. The fraction of sp³-hybridized carbons (Fsp3) is 0.500. The van der Waals surface area contributed by atoms with Crippen molar-refractivity contribution >= 4 is 17.5 Å². The number of benzene rings is 1. The molecular weight excluding hydrogens is 282 g/mol. The molecule has 0 atom stereocenters. The first kappa shape index (κ1) is 16.5. The van der Waals surface area contributed by atoms with E-state index in [0.29, 0.717) is 37.6 Å². The Morgan fingerprint density at radius 1 is 1.27 bits per heavy atom. The second kappa shape index (κ2) is 7.91. The van der Waals surface area contributed by atoms with Gasteiger partial charge < -0.3 is 20.3 Å². The summed E-state index contributed by atoms with van der Waals surface area (Å²) in [6, 6.07) is 7.29. The fourth-order valence-electron chi connectivity index (χ4n) is 2.18. The second-order valence-corrected chi connectivity index (χ2v) is 5.57. The number of hydrogen-bond donors (Lipinski definition) is 2. The molecule has 1 aromatic rings. The van der Waals surface area contributed by atoms with Crippen LogP contribution in [-0.4, -0.2) is 55.6 Å². The molecule has 2 N–H and O–H groups in total. The van der Waals surface area contributed by atoms with E-state index >= 15 is 0 Å². The normalized spacial score (nSPS) is 15.0. The molecule has 0 bridgehead atoms. The Hall–Kier alpha value is -1.92. The fourth-order valence-corrected chi connectivity index (χ4v) is 2.18. The Bertz CT molecular complexity index is 525. The van der Waals surface area contributed by atoms with Gasteiger partial charge in [-0.2, -0.15) is 0 Å². The quantitative estimate of drug-likeness (QED) is 0.854. The van der Waals surface area contributed by atoms with Crippen molar-refractivity contribution in [3.05, 3.63) is 29.8 Å². The Morgan fingerprint density at radius 3 is 2.68 bits per heavy atom. The van der Waals surface area contributed by atoms with Crippen molar-refractivity contribution in [1.82, 2.24) is 10.2 Å². The van der Waals surface area contributed by atoms with Gasteiger partial charge in [0, 0.05) is 30.4 Å². The van der Waals surface area contributed by atoms with E-state index in [1.165, 1.54) is 0 Å². The predicted molar refractivity (Wildman–Crippen MR) is 84.9 cm³/mol. The molecule has 1 saturated heterocycles. The first-order chi connectivity index (χ1) is 10.6. The monoisotopic (exact) mass is 305 g/mol. The van der Waals surface area contributed by atoms with E-state index in [1.54, 1.807) is 29.2 Å². The number of nitrogens with one attached hydrogen (secondary N) is 2. The van der Waals surface area contributed by atoms with E-state index in [2.05, 4.69) is 10.6 Å². The zero-order chi connectivity index (χ0) is 15.9. The van der Waals surface area contributed by atoms with Gasteiger partial charge in [0.25, 0.3) is 5.91 Å². The van der Waals surface area contributed by atoms with Crippen LogP contribution in [0.5, 0.6) is 0 Å². The average molecular weight is 305 g/mol. The van der Waals surface area contributed by atoms with E-state index in [1.807, 2.05) is 13.8 Å². The van der Waals surface area contributed by atoms with Crippen LogP contribution >= 0.6 is 0 Å². The summed E-state index contributed by atoms with van der Waals surface area (Å²) in [4.78, 5) is 26.0. The van der Waals surface area contributed by atoms with Crippen molar-refractivity contribution in [3.63, 3.8) is 0 Å². The van der Waals surface area contributed by atoms with Crippen molar-refractivity contribution in [3.8, 4) is 0 Å². The van der Waals surface area contributed by atoms with Crippen LogP contribution in [0.25, 0.3) is 0 Å². The molecule has 0 spiro atoms. The molecule has 1 fully saturated rings. The van der Waals surface area contributed by atoms with E-state index in [4.69, 9.17) is 4.74 Å². The van der Waals surface area contributed by atoms with Crippen LogP contribution in [0.3, 0.4) is 0 Å². The van der Waals surface area contributed by atoms with Crippen LogP contribution < -0.4 is 10.6 Å². The summed E-state index contributed by atoms with van der Waals surface area (Å²) in [5.41, 5.74) is 1.21. The van der Waals surface area contributed by atoms with E-state index < -0.39 is 0 Å². The molecule has 0 aromatic heterocycles. The van der Waals surface area contributed by atoms with E-state index in [-0.39, 0.29) is 24.4 Å². The minimum Gasteiger partial charge on any atom is -0.378 e. The zero-order valence-electron chi connectivity index (χ0n) is 13.1. The third kappa shape index (κ3) is 4.82. The van der Waals surface area contributed by atoms with Gasteiger partial charge in [-0.05, 0) is 18.2 Å². The zero-order valence-corrected chi connectivity index (χ0v) is 13.1. The lowest BCUT2D eigenvalue weighted by molar-refractivity contribution is -0.115. The minimum absolute atomic E-state index is 0.0281. The number of hydrogen-bond acceptors (Lipinski definition) is 4. The van der Waals surface area contributed by atoms with Gasteiger partial charge in [-0.3, -0.25) is 9.59 Å². The molecule has 6 heteroatoms. The number of carbonyl (C=O) groups is 2. The standard InChI is InChI=1S/C16H23N3O3/c1-12(2)17-11-15(20)18-14-5-3-4-13(10-14)16(21)19-6-8-22-9-7-19/h3-5,10,12,17H,6-9,11H2,1-2H3,(H,18,20).